The minimum Gasteiger partial charge on any atom is -0.471 e. The molecule has 3 heterocycles. The molecule has 1 fully saturated rings. The number of nitriles is 1. The van der Waals surface area contributed by atoms with Crippen molar-refractivity contribution >= 4 is 11.7 Å². The summed E-state index contributed by atoms with van der Waals surface area (Å²) in [6.45, 7) is 0.783. The zero-order valence-electron chi connectivity index (χ0n) is 16.1. The number of carbonyl (C=O) groups is 1. The van der Waals surface area contributed by atoms with Gasteiger partial charge in [0.25, 0.3) is 5.91 Å². The number of tetrazole rings is 1. The Morgan fingerprint density at radius 1 is 1.42 bits per heavy atom. The number of aromatic amines is 1. The predicted molar refractivity (Wildman–Crippen MR) is 103 cm³/mol. The number of H-pyrrole nitrogens is 1. The summed E-state index contributed by atoms with van der Waals surface area (Å²) >= 11 is 0. The lowest BCUT2D eigenvalue weighted by molar-refractivity contribution is 0.0205. The standard InChI is InChI=1S/C18H17N9O4/c19-7-10-2-1-3-11(6-10)16-21-15(20)14(18(22-16)31-12-4-5-29-8-12)17(28)25-30-9-13-23-26-27-24-13/h1-3,6,12H,4-5,8-9H2,(H,25,28)(H2,20,21,22)(H,23,24,26,27)/t12-/m0/s1. The van der Waals surface area contributed by atoms with Crippen molar-refractivity contribution in [3.63, 3.8) is 0 Å². The van der Waals surface area contributed by atoms with Gasteiger partial charge in [-0.15, -0.1) is 10.2 Å². The lowest BCUT2D eigenvalue weighted by Crippen LogP contribution is -2.28. The van der Waals surface area contributed by atoms with Crippen LogP contribution in [0.15, 0.2) is 24.3 Å². The van der Waals surface area contributed by atoms with Crippen molar-refractivity contribution in [3.8, 4) is 23.3 Å². The first kappa shape index (κ1) is 20.1. The minimum atomic E-state index is -0.702. The average molecular weight is 423 g/mol. The van der Waals surface area contributed by atoms with E-state index in [4.69, 9.17) is 25.3 Å². The summed E-state index contributed by atoms with van der Waals surface area (Å²) in [5, 5.41) is 22.2. The Bertz CT molecular complexity index is 1110. The van der Waals surface area contributed by atoms with Gasteiger partial charge in [-0.1, -0.05) is 17.3 Å². The molecule has 0 saturated carbocycles. The lowest BCUT2D eigenvalue weighted by Gasteiger charge is -2.16. The fraction of sp³-hybridized carbons (Fsp3) is 0.278. The zero-order valence-corrected chi connectivity index (χ0v) is 16.1. The second-order valence-corrected chi connectivity index (χ2v) is 6.46. The van der Waals surface area contributed by atoms with Crippen LogP contribution in [0, 0.1) is 11.3 Å². The largest absolute Gasteiger partial charge is 0.471 e. The summed E-state index contributed by atoms with van der Waals surface area (Å²) in [6, 6.07) is 8.76. The van der Waals surface area contributed by atoms with Crippen LogP contribution >= 0.6 is 0 Å². The van der Waals surface area contributed by atoms with E-state index in [9.17, 15) is 4.79 Å². The van der Waals surface area contributed by atoms with Crippen molar-refractivity contribution in [1.29, 1.82) is 5.26 Å². The molecule has 0 aliphatic carbocycles. The maximum absolute atomic E-state index is 12.7. The number of carbonyl (C=O) groups excluding carboxylic acids is 1. The molecule has 0 radical (unpaired) electrons. The summed E-state index contributed by atoms with van der Waals surface area (Å²) in [7, 11) is 0. The van der Waals surface area contributed by atoms with E-state index in [1.807, 2.05) is 0 Å². The number of nitrogens with two attached hydrogens (primary N) is 1. The first-order valence-corrected chi connectivity index (χ1v) is 9.21. The number of nitrogens with one attached hydrogen (secondary N) is 2. The highest BCUT2D eigenvalue weighted by molar-refractivity contribution is 6.00. The Kier molecular flexibility index (Phi) is 5.92. The average Bonchev–Trinajstić information content (AvgIpc) is 3.48. The number of ether oxygens (including phenoxy) is 2. The lowest BCUT2D eigenvalue weighted by atomic mass is 10.1. The number of hydrogen-bond acceptors (Lipinski definition) is 11. The van der Waals surface area contributed by atoms with Crippen molar-refractivity contribution in [2.45, 2.75) is 19.1 Å². The van der Waals surface area contributed by atoms with E-state index in [-0.39, 0.29) is 41.6 Å². The van der Waals surface area contributed by atoms with Crippen LogP contribution in [0.4, 0.5) is 5.82 Å². The Labute approximate surface area is 175 Å². The van der Waals surface area contributed by atoms with Gasteiger partial charge in [0, 0.05) is 12.0 Å². The maximum Gasteiger partial charge on any atom is 0.284 e. The first-order valence-electron chi connectivity index (χ1n) is 9.21. The van der Waals surface area contributed by atoms with Crippen LogP contribution in [0.3, 0.4) is 0 Å². The molecule has 158 valence electrons. The molecule has 2 aromatic heterocycles. The van der Waals surface area contributed by atoms with Gasteiger partial charge >= 0.3 is 0 Å². The highest BCUT2D eigenvalue weighted by Crippen LogP contribution is 2.28. The molecule has 1 amide bonds. The molecule has 1 atom stereocenters. The molecule has 4 N–H and O–H groups in total. The van der Waals surface area contributed by atoms with Crippen molar-refractivity contribution in [1.82, 2.24) is 36.1 Å². The van der Waals surface area contributed by atoms with Gasteiger partial charge < -0.3 is 15.2 Å². The predicted octanol–water partition coefficient (Wildman–Crippen LogP) is 0.140. The smallest absolute Gasteiger partial charge is 0.284 e. The summed E-state index contributed by atoms with van der Waals surface area (Å²) < 4.78 is 11.2. The number of hydroxylamine groups is 1. The van der Waals surface area contributed by atoms with Gasteiger partial charge in [0.05, 0.1) is 24.8 Å². The van der Waals surface area contributed by atoms with E-state index in [1.165, 1.54) is 0 Å². The van der Waals surface area contributed by atoms with Gasteiger partial charge in [-0.2, -0.15) is 15.5 Å². The van der Waals surface area contributed by atoms with Gasteiger partial charge in [0.2, 0.25) is 11.7 Å². The van der Waals surface area contributed by atoms with Gasteiger partial charge in [-0.05, 0) is 12.1 Å². The van der Waals surface area contributed by atoms with Crippen LogP contribution < -0.4 is 16.0 Å². The molecule has 0 unspecified atom stereocenters. The van der Waals surface area contributed by atoms with E-state index in [1.54, 1.807) is 24.3 Å². The number of amides is 1. The monoisotopic (exact) mass is 423 g/mol. The van der Waals surface area contributed by atoms with Crippen molar-refractivity contribution in [2.24, 2.45) is 0 Å². The maximum atomic E-state index is 12.7. The Hall–Kier alpha value is -4.15. The molecule has 1 aromatic carbocycles. The van der Waals surface area contributed by atoms with Crippen LogP contribution in [-0.2, 0) is 16.2 Å². The van der Waals surface area contributed by atoms with Crippen molar-refractivity contribution in [2.75, 3.05) is 18.9 Å². The number of hydrogen-bond donors (Lipinski definition) is 3. The Morgan fingerprint density at radius 2 is 2.32 bits per heavy atom. The topological polar surface area (TPSA) is 187 Å². The van der Waals surface area contributed by atoms with Gasteiger partial charge in [0.15, 0.2) is 5.82 Å². The highest BCUT2D eigenvalue weighted by atomic mass is 16.7. The van der Waals surface area contributed by atoms with E-state index in [0.29, 0.717) is 30.8 Å². The van der Waals surface area contributed by atoms with Gasteiger partial charge in [0.1, 0.15) is 24.1 Å². The van der Waals surface area contributed by atoms with E-state index in [2.05, 4.69) is 42.1 Å². The second-order valence-electron chi connectivity index (χ2n) is 6.46. The molecule has 0 bridgehead atoms. The number of nitrogen functional groups attached to an aromatic ring is 1. The summed E-state index contributed by atoms with van der Waals surface area (Å²) in [5.41, 5.74) is 9.24. The molecular formula is C18H17N9O4. The molecule has 0 spiro atoms. The van der Waals surface area contributed by atoms with Crippen LogP contribution in [0.5, 0.6) is 5.88 Å². The second kappa shape index (κ2) is 9.11. The number of benzene rings is 1. The minimum absolute atomic E-state index is 0.0129. The molecule has 13 nitrogen and oxygen atoms in total. The SMILES string of the molecule is N#Cc1cccc(-c2nc(N)c(C(=O)NOCc3nn[nH]n3)c(O[C@H]3CCOC3)n2)c1. The number of anilines is 1. The third-order valence-electron chi connectivity index (χ3n) is 4.30. The molecule has 13 heteroatoms. The summed E-state index contributed by atoms with van der Waals surface area (Å²) in [6.07, 6.45) is 0.345. The van der Waals surface area contributed by atoms with Crippen molar-refractivity contribution < 1.29 is 19.1 Å². The molecule has 3 aromatic rings. The third kappa shape index (κ3) is 4.71. The molecule has 31 heavy (non-hydrogen) atoms. The molecule has 1 aliphatic heterocycles. The quantitative estimate of drug-likeness (QED) is 0.439. The first-order chi connectivity index (χ1) is 15.1. The molecule has 1 saturated heterocycles. The fourth-order valence-electron chi connectivity index (χ4n) is 2.84. The van der Waals surface area contributed by atoms with E-state index in [0.717, 1.165) is 0 Å². The van der Waals surface area contributed by atoms with Crippen LogP contribution in [0.1, 0.15) is 28.2 Å². The summed E-state index contributed by atoms with van der Waals surface area (Å²) in [5.74, 6) is -0.361. The third-order valence-corrected chi connectivity index (χ3v) is 4.30. The van der Waals surface area contributed by atoms with Crippen LogP contribution in [0.2, 0.25) is 0 Å². The molecule has 1 aliphatic rings. The summed E-state index contributed by atoms with van der Waals surface area (Å²) in [4.78, 5) is 26.4. The molecular weight excluding hydrogens is 406 g/mol. The van der Waals surface area contributed by atoms with Gasteiger partial charge in [-0.3, -0.25) is 9.63 Å². The van der Waals surface area contributed by atoms with Crippen molar-refractivity contribution in [3.05, 3.63) is 41.2 Å². The molecule has 4 rings (SSSR count). The number of aromatic nitrogens is 6. The normalized spacial score (nSPS) is 15.4. The Morgan fingerprint density at radius 3 is 3.06 bits per heavy atom. The van der Waals surface area contributed by atoms with Crippen LogP contribution in [0.25, 0.3) is 11.4 Å². The van der Waals surface area contributed by atoms with E-state index < -0.39 is 5.91 Å². The van der Waals surface area contributed by atoms with Gasteiger partial charge in [-0.25, -0.2) is 10.5 Å². The number of nitrogens with zero attached hydrogens (tertiary/aromatic N) is 6. The van der Waals surface area contributed by atoms with Crippen LogP contribution in [-0.4, -0.2) is 55.8 Å². The fourth-order valence-corrected chi connectivity index (χ4v) is 2.84. The zero-order chi connectivity index (χ0) is 21.6. The Balaban J connectivity index is 1.62. The van der Waals surface area contributed by atoms with E-state index >= 15 is 0 Å². The highest BCUT2D eigenvalue weighted by Gasteiger charge is 2.26. The number of rotatable bonds is 7.